The summed E-state index contributed by atoms with van der Waals surface area (Å²) in [6, 6.07) is 0. The van der Waals surface area contributed by atoms with Gasteiger partial charge in [0, 0.05) is 5.41 Å². The predicted molar refractivity (Wildman–Crippen MR) is 88.3 cm³/mol. The van der Waals surface area contributed by atoms with E-state index in [0.29, 0.717) is 0 Å². The Morgan fingerprint density at radius 2 is 1.52 bits per heavy atom. The molecule has 0 aromatic heterocycles. The van der Waals surface area contributed by atoms with E-state index in [9.17, 15) is 0 Å². The lowest BCUT2D eigenvalue weighted by atomic mass is 9.67. The van der Waals surface area contributed by atoms with Crippen molar-refractivity contribution in [3.8, 4) is 0 Å². The fraction of sp³-hybridized carbons (Fsp3) is 1.00. The normalized spacial score (nSPS) is 37.6. The monoisotopic (exact) mass is 296 g/mol. The minimum absolute atomic E-state index is 0.0704. The van der Waals surface area contributed by atoms with Gasteiger partial charge >= 0.3 is 0 Å². The second-order valence-corrected chi connectivity index (χ2v) is 7.71. The lowest BCUT2D eigenvalue weighted by molar-refractivity contribution is -0.241. The highest BCUT2D eigenvalue weighted by atomic mass is 16.7. The summed E-state index contributed by atoms with van der Waals surface area (Å²) in [5.74, 6) is 1.80. The predicted octanol–water partition coefficient (Wildman–Crippen LogP) is 5.55. The summed E-state index contributed by atoms with van der Waals surface area (Å²) < 4.78 is 12.1. The molecular formula is C19H36O2. The fourth-order valence-electron chi connectivity index (χ4n) is 4.18. The number of hydrogen-bond donors (Lipinski definition) is 0. The third-order valence-corrected chi connectivity index (χ3v) is 5.77. The molecule has 0 bridgehead atoms. The summed E-state index contributed by atoms with van der Waals surface area (Å²) >= 11 is 0. The Hall–Kier alpha value is -0.0800. The molecule has 2 aliphatic rings. The SMILES string of the molecule is CCCCCC1OCC(C)(C2CCC(CCC)CC2)CO1. The Morgan fingerprint density at radius 1 is 0.857 bits per heavy atom. The van der Waals surface area contributed by atoms with Gasteiger partial charge < -0.3 is 9.47 Å². The van der Waals surface area contributed by atoms with Crippen molar-refractivity contribution in [2.24, 2.45) is 17.3 Å². The van der Waals surface area contributed by atoms with Crippen molar-refractivity contribution < 1.29 is 9.47 Å². The molecule has 0 aromatic carbocycles. The van der Waals surface area contributed by atoms with Gasteiger partial charge in [-0.15, -0.1) is 0 Å². The number of ether oxygens (including phenoxy) is 2. The first kappa shape index (κ1) is 17.3. The second-order valence-electron chi connectivity index (χ2n) is 7.71. The zero-order valence-electron chi connectivity index (χ0n) is 14.5. The lowest BCUT2D eigenvalue weighted by Crippen LogP contribution is -2.45. The van der Waals surface area contributed by atoms with Gasteiger partial charge in [-0.2, -0.15) is 0 Å². The van der Waals surface area contributed by atoms with Gasteiger partial charge in [-0.3, -0.25) is 0 Å². The van der Waals surface area contributed by atoms with E-state index in [4.69, 9.17) is 9.47 Å². The molecule has 1 heterocycles. The lowest BCUT2D eigenvalue weighted by Gasteiger charge is -2.45. The minimum atomic E-state index is 0.0704. The van der Waals surface area contributed by atoms with E-state index in [0.717, 1.165) is 31.5 Å². The van der Waals surface area contributed by atoms with Crippen LogP contribution in [0, 0.1) is 17.3 Å². The number of unbranched alkanes of at least 4 members (excludes halogenated alkanes) is 2. The maximum Gasteiger partial charge on any atom is 0.157 e. The maximum absolute atomic E-state index is 6.05. The standard InChI is InChI=1S/C19H36O2/c1-4-6-7-9-18-20-14-19(3,15-21-18)17-12-10-16(8-5-2)11-13-17/h16-18H,4-15H2,1-3H3. The first-order chi connectivity index (χ1) is 10.2. The Balaban J connectivity index is 1.72. The Labute approximate surface area is 132 Å². The van der Waals surface area contributed by atoms with Crippen LogP contribution in [0.15, 0.2) is 0 Å². The average molecular weight is 296 g/mol. The zero-order valence-corrected chi connectivity index (χ0v) is 14.5. The molecule has 2 fully saturated rings. The fourth-order valence-corrected chi connectivity index (χ4v) is 4.18. The quantitative estimate of drug-likeness (QED) is 0.573. The van der Waals surface area contributed by atoms with Gasteiger partial charge in [0.05, 0.1) is 13.2 Å². The van der Waals surface area contributed by atoms with Crippen LogP contribution in [0.4, 0.5) is 0 Å². The second kappa shape index (κ2) is 8.53. The van der Waals surface area contributed by atoms with Gasteiger partial charge in [0.15, 0.2) is 6.29 Å². The molecule has 2 heteroatoms. The van der Waals surface area contributed by atoms with E-state index >= 15 is 0 Å². The van der Waals surface area contributed by atoms with Gasteiger partial charge in [-0.05, 0) is 37.5 Å². The van der Waals surface area contributed by atoms with Crippen molar-refractivity contribution >= 4 is 0 Å². The Morgan fingerprint density at radius 3 is 2.10 bits per heavy atom. The van der Waals surface area contributed by atoms with Crippen molar-refractivity contribution in [3.63, 3.8) is 0 Å². The van der Waals surface area contributed by atoms with Crippen LogP contribution in [0.2, 0.25) is 0 Å². The molecule has 0 amide bonds. The van der Waals surface area contributed by atoms with E-state index in [1.54, 1.807) is 0 Å². The van der Waals surface area contributed by atoms with Crippen LogP contribution in [-0.2, 0) is 9.47 Å². The van der Waals surface area contributed by atoms with E-state index in [1.165, 1.54) is 57.8 Å². The van der Waals surface area contributed by atoms with Crippen LogP contribution in [0.3, 0.4) is 0 Å². The van der Waals surface area contributed by atoms with Gasteiger partial charge in [0.1, 0.15) is 0 Å². The van der Waals surface area contributed by atoms with Gasteiger partial charge in [-0.1, -0.05) is 59.3 Å². The molecule has 124 valence electrons. The van der Waals surface area contributed by atoms with E-state index in [2.05, 4.69) is 20.8 Å². The summed E-state index contributed by atoms with van der Waals surface area (Å²) in [5, 5.41) is 0. The van der Waals surface area contributed by atoms with Crippen molar-refractivity contribution in [1.82, 2.24) is 0 Å². The molecule has 0 atom stereocenters. The highest BCUT2D eigenvalue weighted by Crippen LogP contribution is 2.43. The van der Waals surface area contributed by atoms with Crippen molar-refractivity contribution in [2.75, 3.05) is 13.2 Å². The molecule has 2 rings (SSSR count). The first-order valence-corrected chi connectivity index (χ1v) is 9.41. The smallest absolute Gasteiger partial charge is 0.157 e. The van der Waals surface area contributed by atoms with Crippen LogP contribution in [0.5, 0.6) is 0 Å². The summed E-state index contributed by atoms with van der Waals surface area (Å²) in [7, 11) is 0. The molecule has 0 N–H and O–H groups in total. The van der Waals surface area contributed by atoms with Crippen LogP contribution in [-0.4, -0.2) is 19.5 Å². The van der Waals surface area contributed by atoms with E-state index < -0.39 is 0 Å². The number of rotatable bonds is 7. The molecule has 1 saturated heterocycles. The molecule has 21 heavy (non-hydrogen) atoms. The van der Waals surface area contributed by atoms with Crippen molar-refractivity contribution in [2.45, 2.75) is 91.3 Å². The van der Waals surface area contributed by atoms with Gasteiger partial charge in [0.2, 0.25) is 0 Å². The molecule has 1 saturated carbocycles. The molecule has 2 nitrogen and oxygen atoms in total. The minimum Gasteiger partial charge on any atom is -0.352 e. The third-order valence-electron chi connectivity index (χ3n) is 5.77. The summed E-state index contributed by atoms with van der Waals surface area (Å²) in [6.45, 7) is 8.77. The van der Waals surface area contributed by atoms with E-state index in [1.807, 2.05) is 0 Å². The first-order valence-electron chi connectivity index (χ1n) is 9.41. The van der Waals surface area contributed by atoms with Crippen molar-refractivity contribution in [3.05, 3.63) is 0 Å². The molecule has 1 aliphatic heterocycles. The number of hydrogen-bond acceptors (Lipinski definition) is 2. The van der Waals surface area contributed by atoms with Crippen LogP contribution in [0.25, 0.3) is 0 Å². The molecular weight excluding hydrogens is 260 g/mol. The van der Waals surface area contributed by atoms with Crippen LogP contribution < -0.4 is 0 Å². The zero-order chi connectivity index (χ0) is 15.1. The van der Waals surface area contributed by atoms with Gasteiger partial charge in [-0.25, -0.2) is 0 Å². The van der Waals surface area contributed by atoms with Crippen molar-refractivity contribution in [1.29, 1.82) is 0 Å². The average Bonchev–Trinajstić information content (AvgIpc) is 2.51. The Kier molecular flexibility index (Phi) is 7.01. The summed E-state index contributed by atoms with van der Waals surface area (Å²) in [5.41, 5.74) is 0.262. The van der Waals surface area contributed by atoms with Crippen LogP contribution in [0.1, 0.15) is 85.0 Å². The van der Waals surface area contributed by atoms with E-state index in [-0.39, 0.29) is 11.7 Å². The maximum atomic E-state index is 6.05. The topological polar surface area (TPSA) is 18.5 Å². The third kappa shape index (κ3) is 4.96. The largest absolute Gasteiger partial charge is 0.352 e. The highest BCUT2D eigenvalue weighted by Gasteiger charge is 2.40. The summed E-state index contributed by atoms with van der Waals surface area (Å²) in [4.78, 5) is 0. The summed E-state index contributed by atoms with van der Waals surface area (Å²) in [6.07, 6.45) is 13.3. The Bertz CT molecular complexity index is 273. The molecule has 0 spiro atoms. The highest BCUT2D eigenvalue weighted by molar-refractivity contribution is 4.88. The molecule has 0 radical (unpaired) electrons. The molecule has 0 unspecified atom stereocenters. The van der Waals surface area contributed by atoms with Crippen LogP contribution >= 0.6 is 0 Å². The molecule has 0 aromatic rings. The molecule has 1 aliphatic carbocycles. The van der Waals surface area contributed by atoms with Gasteiger partial charge in [0.25, 0.3) is 0 Å².